The smallest absolute Gasteiger partial charge is 0.191 e. The molecular weight excluding hydrogens is 401 g/mol. The molecule has 1 atom stereocenters. The Morgan fingerprint density at radius 1 is 1.30 bits per heavy atom. The standard InChI is InChI=1S/C17H27N5.HI/c1-2-18-17(21-12-15-5-3-4-9-19-15)20-11-14-8-10-22(13-14)16-6-7-16;/h3-5,9,14,16H,2,6-8,10-13H2,1H3,(H2,18,20,21);1H. The SMILES string of the molecule is CCNC(=NCc1ccccn1)NCC1CCN(C2CC2)C1.I. The Hall–Kier alpha value is -0.890. The van der Waals surface area contributed by atoms with Crippen molar-refractivity contribution in [2.75, 3.05) is 26.2 Å². The van der Waals surface area contributed by atoms with Crippen molar-refractivity contribution in [3.63, 3.8) is 0 Å². The number of halogens is 1. The Labute approximate surface area is 156 Å². The molecule has 2 fully saturated rings. The molecule has 1 aromatic heterocycles. The van der Waals surface area contributed by atoms with E-state index >= 15 is 0 Å². The van der Waals surface area contributed by atoms with Gasteiger partial charge >= 0.3 is 0 Å². The number of rotatable bonds is 6. The fraction of sp³-hybridized carbons (Fsp3) is 0.647. The first-order chi connectivity index (χ1) is 10.8. The minimum atomic E-state index is 0. The lowest BCUT2D eigenvalue weighted by molar-refractivity contribution is 0.314. The van der Waals surface area contributed by atoms with Crippen LogP contribution >= 0.6 is 24.0 Å². The van der Waals surface area contributed by atoms with Crippen molar-refractivity contribution in [2.45, 2.75) is 38.8 Å². The number of hydrogen-bond donors (Lipinski definition) is 2. The van der Waals surface area contributed by atoms with Gasteiger partial charge in [-0.15, -0.1) is 24.0 Å². The third kappa shape index (κ3) is 5.91. The highest BCUT2D eigenvalue weighted by Gasteiger charge is 2.34. The number of pyridine rings is 1. The largest absolute Gasteiger partial charge is 0.357 e. The van der Waals surface area contributed by atoms with E-state index in [-0.39, 0.29) is 24.0 Å². The Kier molecular flexibility index (Phi) is 7.55. The molecule has 1 aliphatic carbocycles. The summed E-state index contributed by atoms with van der Waals surface area (Å²) in [6, 6.07) is 6.85. The highest BCUT2D eigenvalue weighted by molar-refractivity contribution is 14.0. The van der Waals surface area contributed by atoms with Crippen LogP contribution in [-0.4, -0.2) is 48.1 Å². The molecule has 0 radical (unpaired) electrons. The minimum absolute atomic E-state index is 0. The quantitative estimate of drug-likeness (QED) is 0.414. The number of nitrogens with one attached hydrogen (secondary N) is 2. The third-order valence-electron chi connectivity index (χ3n) is 4.41. The van der Waals surface area contributed by atoms with Crippen LogP contribution in [0.4, 0.5) is 0 Å². The van der Waals surface area contributed by atoms with Crippen molar-refractivity contribution in [3.05, 3.63) is 30.1 Å². The van der Waals surface area contributed by atoms with Crippen molar-refractivity contribution >= 4 is 29.9 Å². The van der Waals surface area contributed by atoms with Gasteiger partial charge in [0.25, 0.3) is 0 Å². The van der Waals surface area contributed by atoms with Gasteiger partial charge in [-0.1, -0.05) is 6.07 Å². The number of aliphatic imine (C=N–C) groups is 1. The molecule has 0 spiro atoms. The van der Waals surface area contributed by atoms with Crippen molar-refractivity contribution in [1.29, 1.82) is 0 Å². The molecule has 1 aromatic rings. The maximum absolute atomic E-state index is 4.63. The molecule has 5 nitrogen and oxygen atoms in total. The zero-order valence-corrected chi connectivity index (χ0v) is 16.2. The second-order valence-electron chi connectivity index (χ2n) is 6.28. The molecule has 1 saturated carbocycles. The lowest BCUT2D eigenvalue weighted by atomic mass is 10.1. The molecule has 23 heavy (non-hydrogen) atoms. The van der Waals surface area contributed by atoms with E-state index in [1.54, 1.807) is 0 Å². The highest BCUT2D eigenvalue weighted by atomic mass is 127. The first-order valence-electron chi connectivity index (χ1n) is 8.51. The molecular formula is C17H28IN5. The zero-order valence-electron chi connectivity index (χ0n) is 13.9. The number of hydrogen-bond acceptors (Lipinski definition) is 3. The van der Waals surface area contributed by atoms with E-state index in [4.69, 9.17) is 0 Å². The van der Waals surface area contributed by atoms with Crippen LogP contribution in [0.1, 0.15) is 31.9 Å². The van der Waals surface area contributed by atoms with Crippen molar-refractivity contribution in [1.82, 2.24) is 20.5 Å². The van der Waals surface area contributed by atoms with E-state index < -0.39 is 0 Å². The summed E-state index contributed by atoms with van der Waals surface area (Å²) >= 11 is 0. The summed E-state index contributed by atoms with van der Waals surface area (Å²) in [7, 11) is 0. The van der Waals surface area contributed by atoms with E-state index in [0.717, 1.165) is 36.7 Å². The third-order valence-corrected chi connectivity index (χ3v) is 4.41. The van der Waals surface area contributed by atoms with Crippen LogP contribution in [-0.2, 0) is 6.54 Å². The molecule has 128 valence electrons. The topological polar surface area (TPSA) is 52.6 Å². The lowest BCUT2D eigenvalue weighted by Crippen LogP contribution is -2.40. The van der Waals surface area contributed by atoms with Gasteiger partial charge < -0.3 is 15.5 Å². The molecule has 0 bridgehead atoms. The minimum Gasteiger partial charge on any atom is -0.357 e. The van der Waals surface area contributed by atoms with E-state index in [1.165, 1.54) is 32.4 Å². The van der Waals surface area contributed by atoms with E-state index in [9.17, 15) is 0 Å². The molecule has 2 heterocycles. The van der Waals surface area contributed by atoms with Crippen LogP contribution in [0.2, 0.25) is 0 Å². The van der Waals surface area contributed by atoms with Gasteiger partial charge in [0.1, 0.15) is 0 Å². The fourth-order valence-electron chi connectivity index (χ4n) is 3.04. The molecule has 0 amide bonds. The molecule has 1 saturated heterocycles. The molecule has 0 aromatic carbocycles. The average Bonchev–Trinajstić information content (AvgIpc) is 3.30. The first kappa shape index (κ1) is 18.4. The molecule has 2 aliphatic rings. The van der Waals surface area contributed by atoms with Crippen molar-refractivity contribution < 1.29 is 0 Å². The van der Waals surface area contributed by atoms with Gasteiger partial charge in [0, 0.05) is 31.9 Å². The van der Waals surface area contributed by atoms with Crippen LogP contribution in [0.25, 0.3) is 0 Å². The maximum Gasteiger partial charge on any atom is 0.191 e. The summed E-state index contributed by atoms with van der Waals surface area (Å²) in [5.74, 6) is 1.65. The summed E-state index contributed by atoms with van der Waals surface area (Å²) in [5.41, 5.74) is 1.00. The van der Waals surface area contributed by atoms with Gasteiger partial charge in [0.15, 0.2) is 5.96 Å². The second kappa shape index (κ2) is 9.42. The van der Waals surface area contributed by atoms with Gasteiger partial charge in [-0.05, 0) is 50.8 Å². The predicted molar refractivity (Wildman–Crippen MR) is 105 cm³/mol. The van der Waals surface area contributed by atoms with Crippen LogP contribution < -0.4 is 10.6 Å². The lowest BCUT2D eigenvalue weighted by Gasteiger charge is -2.17. The summed E-state index contributed by atoms with van der Waals surface area (Å²) in [6.45, 7) is 7.14. The summed E-state index contributed by atoms with van der Waals surface area (Å²) in [5, 5.41) is 6.82. The molecule has 6 heteroatoms. The monoisotopic (exact) mass is 429 g/mol. The molecule has 3 rings (SSSR count). The second-order valence-corrected chi connectivity index (χ2v) is 6.28. The van der Waals surface area contributed by atoms with Gasteiger partial charge in [-0.3, -0.25) is 4.98 Å². The fourth-order valence-corrected chi connectivity index (χ4v) is 3.04. The van der Waals surface area contributed by atoms with E-state index in [0.29, 0.717) is 6.54 Å². The normalized spacial score (nSPS) is 21.8. The number of guanidine groups is 1. The highest BCUT2D eigenvalue weighted by Crippen LogP contribution is 2.31. The zero-order chi connectivity index (χ0) is 15.2. The van der Waals surface area contributed by atoms with Gasteiger partial charge in [0.2, 0.25) is 0 Å². The molecule has 2 N–H and O–H groups in total. The maximum atomic E-state index is 4.63. The Balaban J connectivity index is 0.00000192. The van der Waals surface area contributed by atoms with Gasteiger partial charge in [0.05, 0.1) is 12.2 Å². The Morgan fingerprint density at radius 2 is 2.17 bits per heavy atom. The van der Waals surface area contributed by atoms with Gasteiger partial charge in [-0.25, -0.2) is 4.99 Å². The van der Waals surface area contributed by atoms with Crippen LogP contribution in [0.3, 0.4) is 0 Å². The van der Waals surface area contributed by atoms with Crippen molar-refractivity contribution in [2.24, 2.45) is 10.9 Å². The first-order valence-corrected chi connectivity index (χ1v) is 8.51. The van der Waals surface area contributed by atoms with Crippen LogP contribution in [0.5, 0.6) is 0 Å². The Morgan fingerprint density at radius 3 is 2.87 bits per heavy atom. The van der Waals surface area contributed by atoms with E-state index in [2.05, 4.69) is 32.4 Å². The number of nitrogens with zero attached hydrogens (tertiary/aromatic N) is 3. The average molecular weight is 429 g/mol. The number of likely N-dealkylation sites (tertiary alicyclic amines) is 1. The van der Waals surface area contributed by atoms with Gasteiger partial charge in [-0.2, -0.15) is 0 Å². The van der Waals surface area contributed by atoms with Crippen molar-refractivity contribution in [3.8, 4) is 0 Å². The predicted octanol–water partition coefficient (Wildman–Crippen LogP) is 2.24. The van der Waals surface area contributed by atoms with E-state index in [1.807, 2.05) is 24.4 Å². The number of aromatic nitrogens is 1. The molecule has 1 unspecified atom stereocenters. The summed E-state index contributed by atoms with van der Waals surface area (Å²) in [4.78, 5) is 11.6. The van der Waals surface area contributed by atoms with Crippen LogP contribution in [0, 0.1) is 5.92 Å². The molecule has 1 aliphatic heterocycles. The van der Waals surface area contributed by atoms with Crippen LogP contribution in [0.15, 0.2) is 29.4 Å². The summed E-state index contributed by atoms with van der Waals surface area (Å²) in [6.07, 6.45) is 5.95. The Bertz CT molecular complexity index is 489. The summed E-state index contributed by atoms with van der Waals surface area (Å²) < 4.78 is 0.